The Hall–Kier alpha value is -1.70. The number of phenolic OH excluding ortho intramolecular Hbond substituents is 2. The van der Waals surface area contributed by atoms with Gasteiger partial charge < -0.3 is 31.1 Å². The second-order valence-electron chi connectivity index (χ2n) is 7.17. The number of halogens is 2. The lowest BCUT2D eigenvalue weighted by molar-refractivity contribution is 0.127. The minimum absolute atomic E-state index is 0.121. The summed E-state index contributed by atoms with van der Waals surface area (Å²) in [5, 5.41) is 33.6. The van der Waals surface area contributed by atoms with E-state index in [-0.39, 0.29) is 11.5 Å². The van der Waals surface area contributed by atoms with Gasteiger partial charge >= 0.3 is 0 Å². The molecule has 0 aliphatic rings. The molecule has 0 radical (unpaired) electrons. The third kappa shape index (κ3) is 7.85. The van der Waals surface area contributed by atoms with Crippen molar-refractivity contribution < 1.29 is 20.1 Å². The first-order chi connectivity index (χ1) is 14.4. The van der Waals surface area contributed by atoms with Crippen molar-refractivity contribution in [3.05, 3.63) is 51.5 Å². The van der Waals surface area contributed by atoms with Crippen LogP contribution in [0.1, 0.15) is 42.9 Å². The van der Waals surface area contributed by atoms with Crippen molar-refractivity contribution in [2.75, 3.05) is 32.0 Å². The number of ether oxygens (including phenoxy) is 1. The molecule has 8 heteroatoms. The molecule has 166 valence electrons. The average Bonchev–Trinajstić information content (AvgIpc) is 2.71. The highest BCUT2D eigenvalue weighted by Gasteiger charge is 2.12. The van der Waals surface area contributed by atoms with Crippen molar-refractivity contribution in [1.29, 1.82) is 0 Å². The molecule has 1 unspecified atom stereocenters. The lowest BCUT2D eigenvalue weighted by Crippen LogP contribution is -2.22. The number of aliphatic hydroxyl groups excluding tert-OH is 1. The number of hydrogen-bond donors (Lipinski definition) is 5. The summed E-state index contributed by atoms with van der Waals surface area (Å²) < 4.78 is 5.61. The average molecular weight is 457 g/mol. The maximum atomic E-state index is 10.2. The molecule has 1 atom stereocenters. The lowest BCUT2D eigenvalue weighted by Gasteiger charge is -2.14. The minimum Gasteiger partial charge on any atom is -0.508 e. The van der Waals surface area contributed by atoms with Gasteiger partial charge in [-0.05, 0) is 68.5 Å². The molecular weight excluding hydrogens is 427 g/mol. The van der Waals surface area contributed by atoms with Gasteiger partial charge in [-0.2, -0.15) is 0 Å². The first kappa shape index (κ1) is 24.6. The van der Waals surface area contributed by atoms with E-state index < -0.39 is 6.10 Å². The number of aromatic hydroxyl groups is 2. The molecule has 0 spiro atoms. The molecule has 0 saturated carbocycles. The summed E-state index contributed by atoms with van der Waals surface area (Å²) in [6.07, 6.45) is 3.56. The van der Waals surface area contributed by atoms with Crippen LogP contribution in [0.2, 0.25) is 10.0 Å². The molecule has 0 saturated heterocycles. The molecule has 0 aliphatic heterocycles. The summed E-state index contributed by atoms with van der Waals surface area (Å²) >= 11 is 12.0. The van der Waals surface area contributed by atoms with Crippen LogP contribution in [0, 0.1) is 0 Å². The summed E-state index contributed by atoms with van der Waals surface area (Å²) in [6, 6.07) is 8.02. The number of phenols is 2. The van der Waals surface area contributed by atoms with Crippen LogP contribution in [0.4, 0.5) is 5.69 Å². The second-order valence-corrected chi connectivity index (χ2v) is 7.98. The Morgan fingerprint density at radius 1 is 0.967 bits per heavy atom. The Kier molecular flexibility index (Phi) is 10.5. The van der Waals surface area contributed by atoms with E-state index in [9.17, 15) is 15.3 Å². The fourth-order valence-electron chi connectivity index (χ4n) is 3.06. The van der Waals surface area contributed by atoms with Gasteiger partial charge in [-0.15, -0.1) is 0 Å². The predicted molar refractivity (Wildman–Crippen MR) is 121 cm³/mol. The Morgan fingerprint density at radius 2 is 1.60 bits per heavy atom. The molecule has 2 aromatic carbocycles. The van der Waals surface area contributed by atoms with Gasteiger partial charge in [0.15, 0.2) is 0 Å². The highest BCUT2D eigenvalue weighted by Crippen LogP contribution is 2.31. The predicted octanol–water partition coefficient (Wildman–Crippen LogP) is 4.43. The maximum Gasteiger partial charge on any atom is 0.122 e. The smallest absolute Gasteiger partial charge is 0.122 e. The summed E-state index contributed by atoms with van der Waals surface area (Å²) in [5.41, 5.74) is 7.23. The van der Waals surface area contributed by atoms with Gasteiger partial charge in [-0.25, -0.2) is 0 Å². The molecular formula is C22H30Cl2N2O4. The van der Waals surface area contributed by atoms with Gasteiger partial charge in [0.2, 0.25) is 0 Å². The second kappa shape index (κ2) is 12.9. The molecule has 0 fully saturated rings. The number of nitrogens with one attached hydrogen (secondary N) is 1. The monoisotopic (exact) mass is 456 g/mol. The van der Waals surface area contributed by atoms with Crippen molar-refractivity contribution >= 4 is 28.9 Å². The van der Waals surface area contributed by atoms with Crippen LogP contribution in [0.15, 0.2) is 30.3 Å². The fraction of sp³-hybridized carbons (Fsp3) is 0.455. The summed E-state index contributed by atoms with van der Waals surface area (Å²) in [5.74, 6) is 0.241. The van der Waals surface area contributed by atoms with Crippen LogP contribution in [-0.4, -0.2) is 41.6 Å². The Morgan fingerprint density at radius 3 is 2.27 bits per heavy atom. The molecule has 6 nitrogen and oxygen atoms in total. The Labute approximate surface area is 187 Å². The van der Waals surface area contributed by atoms with E-state index in [4.69, 9.17) is 33.7 Å². The first-order valence-corrected chi connectivity index (χ1v) is 10.9. The van der Waals surface area contributed by atoms with Crippen LogP contribution >= 0.6 is 23.2 Å². The standard InChI is InChI=1S/C22H30Cl2N2O4/c23-17-12-15(13-18(24)22(17)25)21(29)14-26-9-2-1-3-10-30-11-5-6-16-19(27)7-4-8-20(16)28/h4,7-8,12-13,21,26-29H,1-3,5-6,9-11,14,25H2. The molecule has 0 aliphatic carbocycles. The number of aliphatic hydroxyl groups is 1. The number of nitrogen functional groups attached to an aromatic ring is 1. The molecule has 0 amide bonds. The van der Waals surface area contributed by atoms with Gasteiger partial charge in [0.25, 0.3) is 0 Å². The number of hydrogen-bond acceptors (Lipinski definition) is 6. The summed E-state index contributed by atoms with van der Waals surface area (Å²) in [7, 11) is 0. The van der Waals surface area contributed by atoms with Gasteiger partial charge in [0.1, 0.15) is 11.5 Å². The minimum atomic E-state index is -0.701. The summed E-state index contributed by atoms with van der Waals surface area (Å²) in [6.45, 7) is 2.47. The van der Waals surface area contributed by atoms with Gasteiger partial charge in [0.05, 0.1) is 21.8 Å². The number of unbranched alkanes of at least 4 members (excludes halogenated alkanes) is 2. The molecule has 0 bridgehead atoms. The highest BCUT2D eigenvalue weighted by atomic mass is 35.5. The lowest BCUT2D eigenvalue weighted by atomic mass is 10.1. The molecule has 2 rings (SSSR count). The number of rotatable bonds is 13. The molecule has 0 heterocycles. The SMILES string of the molecule is Nc1c(Cl)cc(C(O)CNCCCCCOCCCc2c(O)cccc2O)cc1Cl. The van der Waals surface area contributed by atoms with Crippen LogP contribution in [0.5, 0.6) is 11.5 Å². The zero-order chi connectivity index (χ0) is 21.9. The molecule has 0 aromatic heterocycles. The van der Waals surface area contributed by atoms with Crippen LogP contribution in [-0.2, 0) is 11.2 Å². The van der Waals surface area contributed by atoms with E-state index in [2.05, 4.69) is 5.32 Å². The van der Waals surface area contributed by atoms with Gasteiger partial charge in [0, 0.05) is 25.3 Å². The Bertz CT molecular complexity index is 761. The van der Waals surface area contributed by atoms with Crippen molar-refractivity contribution in [2.45, 2.75) is 38.2 Å². The Balaban J connectivity index is 1.48. The third-order valence-electron chi connectivity index (χ3n) is 4.81. The number of nitrogens with two attached hydrogens (primary N) is 1. The molecule has 30 heavy (non-hydrogen) atoms. The number of benzene rings is 2. The maximum absolute atomic E-state index is 10.2. The van der Waals surface area contributed by atoms with E-state index in [0.29, 0.717) is 53.0 Å². The molecule has 6 N–H and O–H groups in total. The number of anilines is 1. The van der Waals surface area contributed by atoms with Crippen LogP contribution < -0.4 is 11.1 Å². The van der Waals surface area contributed by atoms with Crippen LogP contribution in [0.3, 0.4) is 0 Å². The normalized spacial score (nSPS) is 12.2. The fourth-order valence-corrected chi connectivity index (χ4v) is 3.56. The van der Waals surface area contributed by atoms with E-state index in [1.165, 1.54) is 0 Å². The highest BCUT2D eigenvalue weighted by molar-refractivity contribution is 6.38. The van der Waals surface area contributed by atoms with Crippen LogP contribution in [0.25, 0.3) is 0 Å². The molecule has 2 aromatic rings. The van der Waals surface area contributed by atoms with Crippen molar-refractivity contribution in [1.82, 2.24) is 5.32 Å². The zero-order valence-electron chi connectivity index (χ0n) is 16.9. The quantitative estimate of drug-likeness (QED) is 0.225. The van der Waals surface area contributed by atoms with Gasteiger partial charge in [-0.3, -0.25) is 0 Å². The first-order valence-electron chi connectivity index (χ1n) is 10.1. The zero-order valence-corrected chi connectivity index (χ0v) is 18.4. The van der Waals surface area contributed by atoms with Crippen molar-refractivity contribution in [2.24, 2.45) is 0 Å². The largest absolute Gasteiger partial charge is 0.508 e. The van der Waals surface area contributed by atoms with Crippen molar-refractivity contribution in [3.8, 4) is 11.5 Å². The van der Waals surface area contributed by atoms with Gasteiger partial charge in [-0.1, -0.05) is 29.3 Å². The topological polar surface area (TPSA) is 108 Å². The van der Waals surface area contributed by atoms with E-state index in [1.807, 2.05) is 0 Å². The van der Waals surface area contributed by atoms with E-state index >= 15 is 0 Å². The van der Waals surface area contributed by atoms with E-state index in [0.717, 1.165) is 32.2 Å². The summed E-state index contributed by atoms with van der Waals surface area (Å²) in [4.78, 5) is 0. The van der Waals surface area contributed by atoms with E-state index in [1.54, 1.807) is 30.3 Å². The van der Waals surface area contributed by atoms with Crippen molar-refractivity contribution in [3.63, 3.8) is 0 Å². The third-order valence-corrected chi connectivity index (χ3v) is 5.43.